The van der Waals surface area contributed by atoms with Crippen molar-refractivity contribution in [2.45, 2.75) is 26.8 Å². The van der Waals surface area contributed by atoms with Gasteiger partial charge in [0.15, 0.2) is 0 Å². The Morgan fingerprint density at radius 1 is 1.15 bits per heavy atom. The number of para-hydroxylation sites is 1. The molecule has 106 valence electrons. The molecule has 1 aromatic heterocycles. The molecule has 2 aromatic rings. The van der Waals surface area contributed by atoms with Crippen LogP contribution < -0.4 is 10.2 Å². The van der Waals surface area contributed by atoms with Gasteiger partial charge in [-0.25, -0.2) is 0 Å². The summed E-state index contributed by atoms with van der Waals surface area (Å²) in [5, 5.41) is 3.46. The molecule has 0 amide bonds. The lowest BCUT2D eigenvalue weighted by atomic mass is 10.1. The molecule has 0 aliphatic rings. The lowest BCUT2D eigenvalue weighted by Gasteiger charge is -2.24. The van der Waals surface area contributed by atoms with Crippen LogP contribution in [-0.4, -0.2) is 18.6 Å². The third-order valence-electron chi connectivity index (χ3n) is 3.47. The molecule has 0 radical (unpaired) electrons. The first kappa shape index (κ1) is 14.5. The zero-order valence-corrected chi connectivity index (χ0v) is 12.6. The lowest BCUT2D eigenvalue weighted by molar-refractivity contribution is 0.675. The van der Waals surface area contributed by atoms with Gasteiger partial charge in [0, 0.05) is 25.5 Å². The topological polar surface area (TPSA) is 28.2 Å². The first-order chi connectivity index (χ1) is 9.74. The standard InChI is InChI=1S/C17H23N3/c1-4-10-18-12-15-9-11-19-13-17(15)20(3)16-8-6-5-7-14(16)2/h5-9,11,13,18H,4,10,12H2,1-3H3. The molecule has 0 spiro atoms. The highest BCUT2D eigenvalue weighted by Gasteiger charge is 2.10. The first-order valence-electron chi connectivity index (χ1n) is 7.17. The van der Waals surface area contributed by atoms with Crippen molar-refractivity contribution in [1.29, 1.82) is 0 Å². The Bertz CT molecular complexity index is 551. The number of aryl methyl sites for hydroxylation is 1. The molecule has 0 unspecified atom stereocenters. The number of pyridine rings is 1. The van der Waals surface area contributed by atoms with Crippen molar-refractivity contribution in [3.63, 3.8) is 0 Å². The van der Waals surface area contributed by atoms with Crippen LogP contribution in [0.2, 0.25) is 0 Å². The summed E-state index contributed by atoms with van der Waals surface area (Å²) in [6, 6.07) is 10.5. The van der Waals surface area contributed by atoms with E-state index in [4.69, 9.17) is 0 Å². The zero-order chi connectivity index (χ0) is 14.4. The van der Waals surface area contributed by atoms with Crippen LogP contribution in [-0.2, 0) is 6.54 Å². The summed E-state index contributed by atoms with van der Waals surface area (Å²) in [6.45, 7) is 6.23. The molecule has 0 atom stereocenters. The Morgan fingerprint density at radius 2 is 1.95 bits per heavy atom. The van der Waals surface area contributed by atoms with Crippen molar-refractivity contribution >= 4 is 11.4 Å². The lowest BCUT2D eigenvalue weighted by Crippen LogP contribution is -2.18. The molecule has 0 bridgehead atoms. The molecule has 0 saturated heterocycles. The van der Waals surface area contributed by atoms with Crippen LogP contribution in [0.4, 0.5) is 11.4 Å². The summed E-state index contributed by atoms with van der Waals surface area (Å²) < 4.78 is 0. The van der Waals surface area contributed by atoms with Gasteiger partial charge in [-0.3, -0.25) is 4.98 Å². The van der Waals surface area contributed by atoms with Crippen molar-refractivity contribution in [2.24, 2.45) is 0 Å². The average Bonchev–Trinajstić information content (AvgIpc) is 2.48. The first-order valence-corrected chi connectivity index (χ1v) is 7.17. The van der Waals surface area contributed by atoms with Gasteiger partial charge < -0.3 is 10.2 Å². The van der Waals surface area contributed by atoms with Crippen LogP contribution in [0.3, 0.4) is 0 Å². The highest BCUT2D eigenvalue weighted by Crippen LogP contribution is 2.28. The number of anilines is 2. The minimum absolute atomic E-state index is 0.877. The van der Waals surface area contributed by atoms with Crippen LogP contribution in [0, 0.1) is 6.92 Å². The van der Waals surface area contributed by atoms with Gasteiger partial charge in [0.05, 0.1) is 11.9 Å². The van der Waals surface area contributed by atoms with E-state index in [1.54, 1.807) is 0 Å². The number of nitrogens with zero attached hydrogens (tertiary/aromatic N) is 2. The van der Waals surface area contributed by atoms with Crippen molar-refractivity contribution in [1.82, 2.24) is 10.3 Å². The number of hydrogen-bond donors (Lipinski definition) is 1. The Kier molecular flexibility index (Phi) is 5.13. The molecule has 1 N–H and O–H groups in total. The van der Waals surface area contributed by atoms with E-state index in [9.17, 15) is 0 Å². The van der Waals surface area contributed by atoms with Gasteiger partial charge in [0.2, 0.25) is 0 Å². The molecule has 3 heteroatoms. The maximum Gasteiger partial charge on any atom is 0.0640 e. The molecule has 20 heavy (non-hydrogen) atoms. The Balaban J connectivity index is 2.25. The highest BCUT2D eigenvalue weighted by atomic mass is 15.1. The van der Waals surface area contributed by atoms with Gasteiger partial charge in [0.1, 0.15) is 0 Å². The monoisotopic (exact) mass is 269 g/mol. The smallest absolute Gasteiger partial charge is 0.0640 e. The fourth-order valence-electron chi connectivity index (χ4n) is 2.34. The van der Waals surface area contributed by atoms with E-state index < -0.39 is 0 Å². The van der Waals surface area contributed by atoms with E-state index >= 15 is 0 Å². The second-order valence-corrected chi connectivity index (χ2v) is 5.03. The number of nitrogens with one attached hydrogen (secondary N) is 1. The number of rotatable bonds is 6. The fourth-order valence-corrected chi connectivity index (χ4v) is 2.34. The molecule has 0 saturated carbocycles. The van der Waals surface area contributed by atoms with Crippen molar-refractivity contribution < 1.29 is 0 Å². The third-order valence-corrected chi connectivity index (χ3v) is 3.47. The van der Waals surface area contributed by atoms with Crippen molar-refractivity contribution in [3.8, 4) is 0 Å². The second kappa shape index (κ2) is 7.06. The summed E-state index contributed by atoms with van der Waals surface area (Å²) >= 11 is 0. The van der Waals surface area contributed by atoms with Gasteiger partial charge >= 0.3 is 0 Å². The van der Waals surface area contributed by atoms with Gasteiger partial charge in [-0.05, 0) is 43.1 Å². The van der Waals surface area contributed by atoms with Crippen molar-refractivity contribution in [2.75, 3.05) is 18.5 Å². The second-order valence-electron chi connectivity index (χ2n) is 5.03. The summed E-state index contributed by atoms with van der Waals surface area (Å²) in [6.07, 6.45) is 4.95. The van der Waals surface area contributed by atoms with Crippen LogP contribution in [0.1, 0.15) is 24.5 Å². The molecular weight excluding hydrogens is 246 g/mol. The molecule has 0 aliphatic carbocycles. The zero-order valence-electron chi connectivity index (χ0n) is 12.6. The van der Waals surface area contributed by atoms with E-state index in [-0.39, 0.29) is 0 Å². The molecule has 1 aromatic carbocycles. The van der Waals surface area contributed by atoms with E-state index in [1.165, 1.54) is 16.8 Å². The molecular formula is C17H23N3. The molecule has 0 aliphatic heterocycles. The van der Waals surface area contributed by atoms with Crippen molar-refractivity contribution in [3.05, 3.63) is 53.9 Å². The van der Waals surface area contributed by atoms with Gasteiger partial charge in [0.25, 0.3) is 0 Å². The van der Waals surface area contributed by atoms with E-state index in [1.807, 2.05) is 12.4 Å². The summed E-state index contributed by atoms with van der Waals surface area (Å²) in [7, 11) is 2.10. The Labute approximate surface area is 121 Å². The number of aromatic nitrogens is 1. The van der Waals surface area contributed by atoms with Crippen LogP contribution in [0.15, 0.2) is 42.7 Å². The third kappa shape index (κ3) is 3.36. The Morgan fingerprint density at radius 3 is 2.70 bits per heavy atom. The number of hydrogen-bond acceptors (Lipinski definition) is 3. The molecule has 0 fully saturated rings. The minimum atomic E-state index is 0.877. The SMILES string of the molecule is CCCNCc1ccncc1N(C)c1ccccc1C. The van der Waals surface area contributed by atoms with E-state index in [0.717, 1.165) is 25.2 Å². The molecule has 3 nitrogen and oxygen atoms in total. The summed E-state index contributed by atoms with van der Waals surface area (Å²) in [5.41, 5.74) is 4.92. The minimum Gasteiger partial charge on any atom is -0.343 e. The fraction of sp³-hybridized carbons (Fsp3) is 0.353. The van der Waals surface area contributed by atoms with Gasteiger partial charge in [-0.2, -0.15) is 0 Å². The summed E-state index contributed by atoms with van der Waals surface area (Å²) in [5.74, 6) is 0. The quantitative estimate of drug-likeness (QED) is 0.811. The number of benzene rings is 1. The maximum atomic E-state index is 4.28. The molecule has 2 rings (SSSR count). The highest BCUT2D eigenvalue weighted by molar-refractivity contribution is 5.67. The predicted octanol–water partition coefficient (Wildman–Crippen LogP) is 3.66. The van der Waals surface area contributed by atoms with Crippen LogP contribution in [0.25, 0.3) is 0 Å². The predicted molar refractivity (Wildman–Crippen MR) is 85.5 cm³/mol. The largest absolute Gasteiger partial charge is 0.343 e. The van der Waals surface area contributed by atoms with E-state index in [2.05, 4.69) is 66.4 Å². The van der Waals surface area contributed by atoms with Crippen LogP contribution in [0.5, 0.6) is 0 Å². The Hall–Kier alpha value is -1.87. The maximum absolute atomic E-state index is 4.28. The van der Waals surface area contributed by atoms with Gasteiger partial charge in [-0.1, -0.05) is 25.1 Å². The molecule has 1 heterocycles. The van der Waals surface area contributed by atoms with Crippen LogP contribution >= 0.6 is 0 Å². The summed E-state index contributed by atoms with van der Waals surface area (Å²) in [4.78, 5) is 6.49. The normalized spacial score (nSPS) is 10.6. The van der Waals surface area contributed by atoms with Gasteiger partial charge in [-0.15, -0.1) is 0 Å². The average molecular weight is 269 g/mol. The van der Waals surface area contributed by atoms with E-state index in [0.29, 0.717) is 0 Å².